The average Bonchev–Trinajstić information content (AvgIpc) is 3.78. The minimum Gasteiger partial charge on any atom is -0.379 e. The number of ether oxygens (including phenoxy) is 1. The molecule has 44 heavy (non-hydrogen) atoms. The van der Waals surface area contributed by atoms with Crippen LogP contribution in [0.2, 0.25) is 0 Å². The first-order valence-corrected chi connectivity index (χ1v) is 15.8. The van der Waals surface area contributed by atoms with Crippen LogP contribution in [0.5, 0.6) is 0 Å². The molecule has 0 aliphatic carbocycles. The van der Waals surface area contributed by atoms with Gasteiger partial charge in [-0.1, -0.05) is 0 Å². The highest BCUT2D eigenvalue weighted by atomic mass is 32.2. The van der Waals surface area contributed by atoms with Crippen LogP contribution in [-0.4, -0.2) is 105 Å². The van der Waals surface area contributed by atoms with E-state index in [-0.39, 0.29) is 24.3 Å². The third-order valence-electron chi connectivity index (χ3n) is 7.72. The smallest absolute Gasteiger partial charge is 0.238 e. The fraction of sp³-hybridized carbons (Fsp3) is 0.433. The van der Waals surface area contributed by atoms with Crippen LogP contribution in [0.4, 0.5) is 17.5 Å². The van der Waals surface area contributed by atoms with Crippen molar-refractivity contribution in [2.45, 2.75) is 29.8 Å². The molecule has 4 N–H and O–H groups in total. The number of aromatic nitrogens is 5. The number of aryl methyl sites for hydroxylation is 1. The molecule has 2 aliphatic rings. The van der Waals surface area contributed by atoms with Crippen molar-refractivity contribution < 1.29 is 14.3 Å². The molecule has 14 heteroatoms. The Bertz CT molecular complexity index is 1570. The summed E-state index contributed by atoms with van der Waals surface area (Å²) < 4.78 is 7.25. The maximum Gasteiger partial charge on any atom is 0.238 e. The Kier molecular flexibility index (Phi) is 9.70. The summed E-state index contributed by atoms with van der Waals surface area (Å²) >= 11 is 1.44. The number of carbonyl (C=O) groups excluding carboxylic acids is 2. The fourth-order valence-corrected chi connectivity index (χ4v) is 6.18. The number of fused-ring (bicyclic) bond motifs is 1. The summed E-state index contributed by atoms with van der Waals surface area (Å²) in [6.07, 6.45) is 3.60. The molecule has 1 aromatic carbocycles. The van der Waals surface area contributed by atoms with Gasteiger partial charge in [0.2, 0.25) is 17.8 Å². The predicted octanol–water partition coefficient (Wildman–Crippen LogP) is 2.75. The van der Waals surface area contributed by atoms with Crippen molar-refractivity contribution in [1.29, 1.82) is 0 Å². The molecular formula is C30H38N10O3S. The zero-order valence-electron chi connectivity index (χ0n) is 24.8. The van der Waals surface area contributed by atoms with Gasteiger partial charge in [0.15, 0.2) is 11.0 Å². The molecular weight excluding hydrogens is 580 g/mol. The number of morpholine rings is 1. The number of nitrogens with one attached hydrogen (secondary N) is 4. The molecule has 232 valence electrons. The zero-order valence-corrected chi connectivity index (χ0v) is 25.6. The highest BCUT2D eigenvalue weighted by molar-refractivity contribution is 7.99. The number of hydrogen-bond acceptors (Lipinski definition) is 10. The molecule has 0 radical (unpaired) electrons. The van der Waals surface area contributed by atoms with Gasteiger partial charge in [-0.2, -0.15) is 10.1 Å². The minimum absolute atomic E-state index is 0.0742. The second-order valence-electron chi connectivity index (χ2n) is 11.1. The summed E-state index contributed by atoms with van der Waals surface area (Å²) in [6, 6.07) is 13.4. The third kappa shape index (κ3) is 7.94. The molecule has 0 saturated carbocycles. The van der Waals surface area contributed by atoms with Crippen molar-refractivity contribution in [2.24, 2.45) is 5.92 Å². The Balaban J connectivity index is 0.951. The fourth-order valence-electron chi connectivity index (χ4n) is 5.43. The predicted molar refractivity (Wildman–Crippen MR) is 168 cm³/mol. The first-order valence-electron chi connectivity index (χ1n) is 15.0. The highest BCUT2D eigenvalue weighted by Crippen LogP contribution is 2.28. The van der Waals surface area contributed by atoms with E-state index in [0.29, 0.717) is 35.7 Å². The van der Waals surface area contributed by atoms with E-state index in [4.69, 9.17) is 9.72 Å². The third-order valence-corrected chi connectivity index (χ3v) is 8.60. The van der Waals surface area contributed by atoms with E-state index in [1.807, 2.05) is 64.9 Å². The quantitative estimate of drug-likeness (QED) is 0.175. The summed E-state index contributed by atoms with van der Waals surface area (Å²) in [5.74, 6) is 1.21. The Morgan fingerprint density at radius 1 is 1.09 bits per heavy atom. The molecule has 5 heterocycles. The standard InChI is InChI=1S/C30H38N10O3S/c1-21-18-25(37-36-21)33-29-35-30(34-26-4-2-12-40(26)29)44-24-7-5-23(6-8-24)32-27(41)20-39-13-9-22(19-39)28(42)31-10-3-11-38-14-16-43-17-15-38/h2,4-8,12,18,22H,3,9-11,13-17,19-20H2,1H3,(H,31,42)(H,32,41)(H2,33,34,35,36,37). The van der Waals surface area contributed by atoms with Crippen molar-refractivity contribution in [1.82, 2.24) is 39.7 Å². The lowest BCUT2D eigenvalue weighted by Gasteiger charge is -2.26. The summed E-state index contributed by atoms with van der Waals surface area (Å²) in [7, 11) is 0. The van der Waals surface area contributed by atoms with E-state index in [1.165, 1.54) is 11.8 Å². The number of hydrogen-bond donors (Lipinski definition) is 4. The lowest BCUT2D eigenvalue weighted by atomic mass is 10.1. The van der Waals surface area contributed by atoms with Gasteiger partial charge in [-0.3, -0.25) is 28.9 Å². The van der Waals surface area contributed by atoms with Gasteiger partial charge in [-0.05, 0) is 81.0 Å². The van der Waals surface area contributed by atoms with Crippen LogP contribution >= 0.6 is 11.8 Å². The van der Waals surface area contributed by atoms with Gasteiger partial charge in [-0.25, -0.2) is 4.98 Å². The van der Waals surface area contributed by atoms with Gasteiger partial charge in [0.1, 0.15) is 5.65 Å². The highest BCUT2D eigenvalue weighted by Gasteiger charge is 2.29. The molecule has 1 atom stereocenters. The Morgan fingerprint density at radius 2 is 1.93 bits per heavy atom. The molecule has 2 aliphatic heterocycles. The number of nitrogens with zero attached hydrogens (tertiary/aromatic N) is 6. The average molecular weight is 619 g/mol. The summed E-state index contributed by atoms with van der Waals surface area (Å²) in [5, 5.41) is 17.1. The molecule has 2 amide bonds. The Labute approximate surface area is 260 Å². The molecule has 2 saturated heterocycles. The van der Waals surface area contributed by atoms with E-state index in [9.17, 15) is 9.59 Å². The zero-order chi connectivity index (χ0) is 30.3. The van der Waals surface area contributed by atoms with Crippen LogP contribution in [0, 0.1) is 12.8 Å². The van der Waals surface area contributed by atoms with Crippen molar-refractivity contribution in [3.63, 3.8) is 0 Å². The van der Waals surface area contributed by atoms with E-state index in [2.05, 4.69) is 36.0 Å². The van der Waals surface area contributed by atoms with E-state index in [0.717, 1.165) is 68.5 Å². The Morgan fingerprint density at radius 3 is 2.73 bits per heavy atom. The SMILES string of the molecule is Cc1cc(Nc2nc(Sc3ccc(NC(=O)CN4CCC(C(=O)NCCCN5CCOCC5)C4)cc3)nc3cccn23)n[nH]1. The van der Waals surface area contributed by atoms with Crippen molar-refractivity contribution in [3.8, 4) is 0 Å². The maximum absolute atomic E-state index is 12.8. The van der Waals surface area contributed by atoms with E-state index < -0.39 is 0 Å². The van der Waals surface area contributed by atoms with Gasteiger partial charge >= 0.3 is 0 Å². The summed E-state index contributed by atoms with van der Waals surface area (Å²) in [4.78, 5) is 40.1. The molecule has 4 aromatic rings. The van der Waals surface area contributed by atoms with Gasteiger partial charge in [0.05, 0.1) is 25.7 Å². The van der Waals surface area contributed by atoms with Gasteiger partial charge in [-0.15, -0.1) is 0 Å². The molecule has 6 rings (SSSR count). The first-order chi connectivity index (χ1) is 21.5. The molecule has 3 aromatic heterocycles. The van der Waals surface area contributed by atoms with Crippen LogP contribution in [0.3, 0.4) is 0 Å². The second-order valence-corrected chi connectivity index (χ2v) is 12.2. The monoisotopic (exact) mass is 618 g/mol. The van der Waals surface area contributed by atoms with Gasteiger partial charge < -0.3 is 20.7 Å². The Hall–Kier alpha value is -3.98. The minimum atomic E-state index is -0.0942. The second kappa shape index (κ2) is 14.2. The largest absolute Gasteiger partial charge is 0.379 e. The van der Waals surface area contributed by atoms with Crippen molar-refractivity contribution in [2.75, 3.05) is 69.7 Å². The topological polar surface area (TPSA) is 145 Å². The number of carbonyl (C=O) groups is 2. The van der Waals surface area contributed by atoms with Gasteiger partial charge in [0.25, 0.3) is 0 Å². The summed E-state index contributed by atoms with van der Waals surface area (Å²) in [6.45, 7) is 8.68. The molecule has 0 spiro atoms. The summed E-state index contributed by atoms with van der Waals surface area (Å²) in [5.41, 5.74) is 2.43. The molecule has 13 nitrogen and oxygen atoms in total. The van der Waals surface area contributed by atoms with E-state index in [1.54, 1.807) is 0 Å². The van der Waals surface area contributed by atoms with Crippen molar-refractivity contribution in [3.05, 3.63) is 54.4 Å². The van der Waals surface area contributed by atoms with Crippen LogP contribution in [0.15, 0.2) is 58.7 Å². The van der Waals surface area contributed by atoms with Crippen LogP contribution in [0.1, 0.15) is 18.5 Å². The lowest BCUT2D eigenvalue weighted by molar-refractivity contribution is -0.125. The number of aromatic amines is 1. The number of anilines is 3. The number of benzene rings is 1. The number of amides is 2. The lowest BCUT2D eigenvalue weighted by Crippen LogP contribution is -2.39. The normalized spacial score (nSPS) is 17.6. The van der Waals surface area contributed by atoms with Crippen LogP contribution < -0.4 is 16.0 Å². The van der Waals surface area contributed by atoms with Crippen LogP contribution in [-0.2, 0) is 14.3 Å². The van der Waals surface area contributed by atoms with Gasteiger partial charge in [0, 0.05) is 54.7 Å². The molecule has 2 fully saturated rings. The number of rotatable bonds is 12. The molecule has 0 bridgehead atoms. The van der Waals surface area contributed by atoms with Crippen LogP contribution in [0.25, 0.3) is 5.65 Å². The maximum atomic E-state index is 12.8. The molecule has 1 unspecified atom stereocenters. The van der Waals surface area contributed by atoms with Crippen molar-refractivity contribution >= 4 is 46.7 Å². The first kappa shape index (κ1) is 30.1. The number of likely N-dealkylation sites (tertiary alicyclic amines) is 1. The number of H-pyrrole nitrogens is 1. The van der Waals surface area contributed by atoms with E-state index >= 15 is 0 Å².